The third-order valence-electron chi connectivity index (χ3n) is 5.62. The molecule has 0 bridgehead atoms. The quantitative estimate of drug-likeness (QED) is 0.606. The predicted molar refractivity (Wildman–Crippen MR) is 115 cm³/mol. The summed E-state index contributed by atoms with van der Waals surface area (Å²) in [5.41, 5.74) is 2.72. The normalized spacial score (nSPS) is 18.6. The van der Waals surface area contributed by atoms with Crippen molar-refractivity contribution in [3.8, 4) is 11.5 Å². The number of carbonyl (C=O) groups excluding carboxylic acids is 3. The second-order valence-corrected chi connectivity index (χ2v) is 7.60. The Bertz CT molecular complexity index is 1130. The van der Waals surface area contributed by atoms with E-state index in [9.17, 15) is 14.4 Å². The summed E-state index contributed by atoms with van der Waals surface area (Å²) in [6, 6.07) is 10.7. The fourth-order valence-electron chi connectivity index (χ4n) is 4.16. The van der Waals surface area contributed by atoms with Crippen LogP contribution in [-0.2, 0) is 9.59 Å². The largest absolute Gasteiger partial charge is 0.355 e. The molecule has 0 radical (unpaired) electrons. The van der Waals surface area contributed by atoms with Gasteiger partial charge in [-0.25, -0.2) is 4.98 Å². The number of hydrogen-bond donors (Lipinski definition) is 2. The number of imidazole rings is 1. The Hall–Kier alpha value is -3.75. The first-order chi connectivity index (χ1) is 15.0. The molecule has 0 aliphatic carbocycles. The van der Waals surface area contributed by atoms with E-state index in [0.29, 0.717) is 48.5 Å². The molecular weight excluding hydrogens is 396 g/mol. The van der Waals surface area contributed by atoms with E-state index in [0.717, 1.165) is 5.52 Å². The zero-order valence-electron chi connectivity index (χ0n) is 17.4. The van der Waals surface area contributed by atoms with Crippen LogP contribution in [0.15, 0.2) is 42.6 Å². The van der Waals surface area contributed by atoms with Crippen LogP contribution in [0.3, 0.4) is 0 Å². The van der Waals surface area contributed by atoms with Crippen LogP contribution in [0.25, 0.3) is 22.6 Å². The van der Waals surface area contributed by atoms with Gasteiger partial charge in [0.15, 0.2) is 5.82 Å². The van der Waals surface area contributed by atoms with E-state index in [1.807, 2.05) is 24.3 Å². The third kappa shape index (κ3) is 3.98. The number of rotatable bonds is 5. The molecule has 31 heavy (non-hydrogen) atoms. The lowest BCUT2D eigenvalue weighted by atomic mass is 10.00. The van der Waals surface area contributed by atoms with E-state index in [1.54, 1.807) is 30.3 Å². The van der Waals surface area contributed by atoms with E-state index < -0.39 is 0 Å². The molecule has 1 fully saturated rings. The molecule has 2 unspecified atom stereocenters. The summed E-state index contributed by atoms with van der Waals surface area (Å²) in [5.74, 6) is 0.421. The first kappa shape index (κ1) is 20.5. The van der Waals surface area contributed by atoms with E-state index in [2.05, 4.69) is 20.2 Å². The van der Waals surface area contributed by atoms with Gasteiger partial charge < -0.3 is 20.1 Å². The highest BCUT2D eigenvalue weighted by atomic mass is 16.2. The summed E-state index contributed by atoms with van der Waals surface area (Å²) in [7, 11) is 1.59. The minimum Gasteiger partial charge on any atom is -0.355 e. The van der Waals surface area contributed by atoms with E-state index in [4.69, 9.17) is 4.98 Å². The van der Waals surface area contributed by atoms with E-state index in [1.165, 1.54) is 6.92 Å². The van der Waals surface area contributed by atoms with Gasteiger partial charge in [-0.3, -0.25) is 19.4 Å². The molecule has 2 aromatic heterocycles. The minimum atomic E-state index is -0.188. The molecule has 0 saturated carbocycles. The van der Waals surface area contributed by atoms with Crippen molar-refractivity contribution < 1.29 is 14.4 Å². The van der Waals surface area contributed by atoms with Crippen molar-refractivity contribution in [3.05, 3.63) is 48.2 Å². The standard InChI is InChI=1S/C22H24N6O3/c1-14(30)27-11-16(25-13-29)10-17(12-27)28-20-7-6-15(22(31)23-2)9-19(20)26-21(28)18-5-3-4-8-24-18/h3-9,13,16-17H,10-12H2,1-2H3,(H,23,31)(H,25,29). The van der Waals surface area contributed by atoms with E-state index >= 15 is 0 Å². The zero-order chi connectivity index (χ0) is 22.0. The first-order valence-corrected chi connectivity index (χ1v) is 10.1. The topological polar surface area (TPSA) is 109 Å². The lowest BCUT2D eigenvalue weighted by Gasteiger charge is -2.38. The maximum absolute atomic E-state index is 12.2. The van der Waals surface area contributed by atoms with Crippen molar-refractivity contribution in [1.82, 2.24) is 30.1 Å². The number of carbonyl (C=O) groups is 3. The smallest absolute Gasteiger partial charge is 0.251 e. The molecule has 2 N–H and O–H groups in total. The van der Waals surface area contributed by atoms with Crippen LogP contribution in [0.5, 0.6) is 0 Å². The number of amides is 3. The summed E-state index contributed by atoms with van der Waals surface area (Å²) < 4.78 is 2.07. The van der Waals surface area contributed by atoms with Crippen molar-refractivity contribution in [2.45, 2.75) is 25.4 Å². The molecule has 3 heterocycles. The van der Waals surface area contributed by atoms with Crippen molar-refractivity contribution in [2.75, 3.05) is 20.1 Å². The number of piperidine rings is 1. The Kier molecular flexibility index (Phi) is 5.66. The number of fused-ring (bicyclic) bond motifs is 1. The van der Waals surface area contributed by atoms with Crippen LogP contribution >= 0.6 is 0 Å². The lowest BCUT2D eigenvalue weighted by Crippen LogP contribution is -2.50. The van der Waals surface area contributed by atoms with Gasteiger partial charge in [0.05, 0.1) is 17.1 Å². The van der Waals surface area contributed by atoms with Gasteiger partial charge in [0.1, 0.15) is 5.69 Å². The van der Waals surface area contributed by atoms with E-state index in [-0.39, 0.29) is 23.9 Å². The predicted octanol–water partition coefficient (Wildman–Crippen LogP) is 1.37. The maximum Gasteiger partial charge on any atom is 0.251 e. The molecule has 1 aromatic carbocycles. The Balaban J connectivity index is 1.87. The molecule has 1 aliphatic heterocycles. The molecule has 2 atom stereocenters. The highest BCUT2D eigenvalue weighted by molar-refractivity contribution is 5.97. The average molecular weight is 420 g/mol. The van der Waals surface area contributed by atoms with Gasteiger partial charge in [-0.15, -0.1) is 0 Å². The first-order valence-electron chi connectivity index (χ1n) is 10.1. The highest BCUT2D eigenvalue weighted by Gasteiger charge is 2.32. The Morgan fingerprint density at radius 3 is 2.71 bits per heavy atom. The van der Waals surface area contributed by atoms with Crippen molar-refractivity contribution in [3.63, 3.8) is 0 Å². The molecule has 0 spiro atoms. The minimum absolute atomic E-state index is 0.0480. The Morgan fingerprint density at radius 1 is 1.19 bits per heavy atom. The van der Waals surface area contributed by atoms with Crippen LogP contribution < -0.4 is 10.6 Å². The molecule has 9 heteroatoms. The fraction of sp³-hybridized carbons (Fsp3) is 0.318. The molecule has 9 nitrogen and oxygen atoms in total. The number of pyridine rings is 1. The van der Waals surface area contributed by atoms with Crippen LogP contribution in [-0.4, -0.2) is 63.8 Å². The second kappa shape index (κ2) is 8.55. The maximum atomic E-state index is 12.2. The Labute approximate surface area is 179 Å². The summed E-state index contributed by atoms with van der Waals surface area (Å²) >= 11 is 0. The van der Waals surface area contributed by atoms with Crippen molar-refractivity contribution in [2.24, 2.45) is 0 Å². The number of benzene rings is 1. The number of aromatic nitrogens is 3. The van der Waals surface area contributed by atoms with Gasteiger partial charge in [0, 0.05) is 44.9 Å². The van der Waals surface area contributed by atoms with Crippen LogP contribution in [0.2, 0.25) is 0 Å². The summed E-state index contributed by atoms with van der Waals surface area (Å²) in [4.78, 5) is 46.4. The molecule has 160 valence electrons. The van der Waals surface area contributed by atoms with Gasteiger partial charge in [-0.05, 0) is 36.8 Å². The van der Waals surface area contributed by atoms with Crippen LogP contribution in [0, 0.1) is 0 Å². The van der Waals surface area contributed by atoms with Gasteiger partial charge in [0.2, 0.25) is 12.3 Å². The summed E-state index contributed by atoms with van der Waals surface area (Å²) in [6.07, 6.45) is 3.02. The number of nitrogens with zero attached hydrogens (tertiary/aromatic N) is 4. The third-order valence-corrected chi connectivity index (χ3v) is 5.62. The molecule has 1 aliphatic rings. The highest BCUT2D eigenvalue weighted by Crippen LogP contribution is 2.32. The monoisotopic (exact) mass is 420 g/mol. The molecule has 3 amide bonds. The Morgan fingerprint density at radius 2 is 2.03 bits per heavy atom. The molecular formula is C22H24N6O3. The number of hydrogen-bond acceptors (Lipinski definition) is 5. The van der Waals surface area contributed by atoms with Crippen LogP contribution in [0.1, 0.15) is 29.7 Å². The van der Waals surface area contributed by atoms with Crippen LogP contribution in [0.4, 0.5) is 0 Å². The fourth-order valence-corrected chi connectivity index (χ4v) is 4.16. The van der Waals surface area contributed by atoms with Crippen molar-refractivity contribution in [1.29, 1.82) is 0 Å². The molecule has 4 rings (SSSR count). The zero-order valence-corrected chi connectivity index (χ0v) is 17.4. The van der Waals surface area contributed by atoms with Gasteiger partial charge in [-0.2, -0.15) is 0 Å². The van der Waals surface area contributed by atoms with Gasteiger partial charge in [-0.1, -0.05) is 6.07 Å². The van der Waals surface area contributed by atoms with Gasteiger partial charge in [0.25, 0.3) is 5.91 Å². The van der Waals surface area contributed by atoms with Gasteiger partial charge >= 0.3 is 0 Å². The molecule has 1 saturated heterocycles. The van der Waals surface area contributed by atoms with Crippen molar-refractivity contribution >= 4 is 29.3 Å². The summed E-state index contributed by atoms with van der Waals surface area (Å²) in [6.45, 7) is 2.49. The molecule has 3 aromatic rings. The number of likely N-dealkylation sites (tertiary alicyclic amines) is 1. The average Bonchev–Trinajstić information content (AvgIpc) is 3.18. The summed E-state index contributed by atoms with van der Waals surface area (Å²) in [5, 5.41) is 5.45. The number of nitrogens with one attached hydrogen (secondary N) is 2. The SMILES string of the molecule is CNC(=O)c1ccc2c(c1)nc(-c1ccccn1)n2C1CC(NC=O)CN(C(C)=O)C1. The lowest BCUT2D eigenvalue weighted by molar-refractivity contribution is -0.131. The second-order valence-electron chi connectivity index (χ2n) is 7.60.